The summed E-state index contributed by atoms with van der Waals surface area (Å²) in [5.74, 6) is 0.864. The molecule has 2 aliphatic heterocycles. The van der Waals surface area contributed by atoms with Crippen molar-refractivity contribution in [3.8, 4) is 5.75 Å². The number of aliphatic hydroxyl groups excluding tert-OH is 1. The molecule has 2 heterocycles. The Kier molecular flexibility index (Phi) is 6.49. The van der Waals surface area contributed by atoms with Gasteiger partial charge in [0, 0.05) is 32.2 Å². The van der Waals surface area contributed by atoms with Crippen LogP contribution in [0.25, 0.3) is 0 Å². The first kappa shape index (κ1) is 17.7. The number of hydrogen-bond acceptors (Lipinski definition) is 5. The molecule has 5 heteroatoms. The van der Waals surface area contributed by atoms with E-state index < -0.39 is 6.10 Å². The number of ether oxygens (including phenoxy) is 2. The molecule has 5 nitrogen and oxygen atoms in total. The molecule has 0 aromatic heterocycles. The van der Waals surface area contributed by atoms with Crippen LogP contribution in [0.4, 0.5) is 0 Å². The van der Waals surface area contributed by atoms with Gasteiger partial charge in [-0.05, 0) is 37.9 Å². The lowest BCUT2D eigenvalue weighted by molar-refractivity contribution is 0.0182. The summed E-state index contributed by atoms with van der Waals surface area (Å²) in [5.41, 5.74) is 1.11. The molecule has 134 valence electrons. The second-order valence-corrected chi connectivity index (χ2v) is 6.93. The molecule has 2 aliphatic rings. The zero-order valence-electron chi connectivity index (χ0n) is 14.7. The van der Waals surface area contributed by atoms with Gasteiger partial charge in [-0.3, -0.25) is 9.80 Å². The molecule has 2 saturated heterocycles. The van der Waals surface area contributed by atoms with Crippen molar-refractivity contribution in [2.45, 2.75) is 31.9 Å². The minimum Gasteiger partial charge on any atom is -0.491 e. The highest BCUT2D eigenvalue weighted by Gasteiger charge is 2.28. The van der Waals surface area contributed by atoms with Crippen LogP contribution in [-0.4, -0.2) is 79.6 Å². The average molecular weight is 334 g/mol. The first-order chi connectivity index (χ1) is 11.7. The SMILES string of the molecule is Cc1ccccc1OCC(O)CN1CCCC1CN1CCOCC1. The summed E-state index contributed by atoms with van der Waals surface area (Å²) in [6.45, 7) is 9.00. The molecular formula is C19H30N2O3. The van der Waals surface area contributed by atoms with Crippen molar-refractivity contribution in [1.82, 2.24) is 9.80 Å². The van der Waals surface area contributed by atoms with Crippen molar-refractivity contribution in [3.05, 3.63) is 29.8 Å². The molecule has 0 aliphatic carbocycles. The molecule has 3 rings (SSSR count). The Bertz CT molecular complexity index is 505. The van der Waals surface area contributed by atoms with Crippen LogP contribution < -0.4 is 4.74 Å². The largest absolute Gasteiger partial charge is 0.491 e. The number of β-amino-alcohol motifs (C(OH)–C–C–N with tert-alkyl or cyclic N) is 1. The Morgan fingerprint density at radius 2 is 2.04 bits per heavy atom. The van der Waals surface area contributed by atoms with E-state index in [4.69, 9.17) is 9.47 Å². The van der Waals surface area contributed by atoms with Crippen LogP contribution in [0.5, 0.6) is 5.75 Å². The summed E-state index contributed by atoms with van der Waals surface area (Å²) >= 11 is 0. The van der Waals surface area contributed by atoms with Crippen molar-refractivity contribution in [2.75, 3.05) is 52.5 Å². The second-order valence-electron chi connectivity index (χ2n) is 6.93. The standard InChI is InChI=1S/C19H30N2O3/c1-16-5-2-3-7-19(16)24-15-18(22)14-21-8-4-6-17(21)13-20-9-11-23-12-10-20/h2-3,5,7,17-18,22H,4,6,8-15H2,1H3. The van der Waals surface area contributed by atoms with Gasteiger partial charge in [0.1, 0.15) is 18.5 Å². The van der Waals surface area contributed by atoms with Crippen LogP contribution in [0, 0.1) is 6.92 Å². The third-order valence-corrected chi connectivity index (χ3v) is 5.04. The van der Waals surface area contributed by atoms with Crippen LogP contribution in [0.15, 0.2) is 24.3 Å². The van der Waals surface area contributed by atoms with E-state index in [0.29, 0.717) is 19.2 Å². The maximum absolute atomic E-state index is 10.4. The van der Waals surface area contributed by atoms with Crippen LogP contribution in [0.1, 0.15) is 18.4 Å². The van der Waals surface area contributed by atoms with E-state index in [1.165, 1.54) is 12.8 Å². The van der Waals surface area contributed by atoms with Gasteiger partial charge in [0.15, 0.2) is 0 Å². The summed E-state index contributed by atoms with van der Waals surface area (Å²) in [5, 5.41) is 10.4. The zero-order valence-corrected chi connectivity index (χ0v) is 14.7. The maximum Gasteiger partial charge on any atom is 0.122 e. The monoisotopic (exact) mass is 334 g/mol. The minimum atomic E-state index is -0.449. The lowest BCUT2D eigenvalue weighted by Crippen LogP contribution is -2.47. The highest BCUT2D eigenvalue weighted by atomic mass is 16.5. The van der Waals surface area contributed by atoms with Crippen LogP contribution >= 0.6 is 0 Å². The fraction of sp³-hybridized carbons (Fsp3) is 0.684. The molecule has 1 N–H and O–H groups in total. The minimum absolute atomic E-state index is 0.353. The quantitative estimate of drug-likeness (QED) is 0.819. The van der Waals surface area contributed by atoms with Crippen LogP contribution in [0.2, 0.25) is 0 Å². The van der Waals surface area contributed by atoms with Gasteiger partial charge in [-0.25, -0.2) is 0 Å². The molecular weight excluding hydrogens is 304 g/mol. The highest BCUT2D eigenvalue weighted by Crippen LogP contribution is 2.20. The van der Waals surface area contributed by atoms with Gasteiger partial charge in [-0.15, -0.1) is 0 Å². The Morgan fingerprint density at radius 1 is 1.25 bits per heavy atom. The first-order valence-corrected chi connectivity index (χ1v) is 9.13. The first-order valence-electron chi connectivity index (χ1n) is 9.13. The van der Waals surface area contributed by atoms with Crippen molar-refractivity contribution in [2.24, 2.45) is 0 Å². The summed E-state index contributed by atoms with van der Waals surface area (Å²) in [6.07, 6.45) is 2.00. The normalized spacial score (nSPS) is 24.2. The van der Waals surface area contributed by atoms with Gasteiger partial charge in [-0.2, -0.15) is 0 Å². The molecule has 0 amide bonds. The van der Waals surface area contributed by atoms with Gasteiger partial charge >= 0.3 is 0 Å². The molecule has 2 unspecified atom stereocenters. The van der Waals surface area contributed by atoms with Crippen molar-refractivity contribution >= 4 is 0 Å². The summed E-state index contributed by atoms with van der Waals surface area (Å²) < 4.78 is 11.2. The van der Waals surface area contributed by atoms with Gasteiger partial charge in [0.2, 0.25) is 0 Å². The molecule has 24 heavy (non-hydrogen) atoms. The highest BCUT2D eigenvalue weighted by molar-refractivity contribution is 5.31. The van der Waals surface area contributed by atoms with Gasteiger partial charge in [0.25, 0.3) is 0 Å². The van der Waals surface area contributed by atoms with E-state index in [-0.39, 0.29) is 0 Å². The topological polar surface area (TPSA) is 45.2 Å². The van der Waals surface area contributed by atoms with Crippen molar-refractivity contribution in [3.63, 3.8) is 0 Å². The van der Waals surface area contributed by atoms with Crippen LogP contribution in [0.3, 0.4) is 0 Å². The summed E-state index contributed by atoms with van der Waals surface area (Å²) in [4.78, 5) is 4.92. The smallest absolute Gasteiger partial charge is 0.122 e. The van der Waals surface area contributed by atoms with Gasteiger partial charge in [-0.1, -0.05) is 18.2 Å². The number of aryl methyl sites for hydroxylation is 1. The Balaban J connectivity index is 1.44. The molecule has 2 fully saturated rings. The molecule has 0 saturated carbocycles. The number of aliphatic hydroxyl groups is 1. The number of nitrogens with zero attached hydrogens (tertiary/aromatic N) is 2. The molecule has 0 bridgehead atoms. The molecule has 1 aromatic carbocycles. The number of morpholine rings is 1. The van der Waals surface area contributed by atoms with E-state index in [9.17, 15) is 5.11 Å². The Hall–Kier alpha value is -1.14. The van der Waals surface area contributed by atoms with Crippen molar-refractivity contribution < 1.29 is 14.6 Å². The number of rotatable bonds is 7. The summed E-state index contributed by atoms with van der Waals surface area (Å²) in [7, 11) is 0. The number of benzene rings is 1. The Morgan fingerprint density at radius 3 is 2.83 bits per heavy atom. The lowest BCUT2D eigenvalue weighted by Gasteiger charge is -2.33. The predicted octanol–water partition coefficient (Wildman–Crippen LogP) is 1.53. The third-order valence-electron chi connectivity index (χ3n) is 5.04. The number of hydrogen-bond donors (Lipinski definition) is 1. The Labute approximate surface area is 145 Å². The number of likely N-dealkylation sites (tertiary alicyclic amines) is 1. The van der Waals surface area contributed by atoms with Gasteiger partial charge in [0.05, 0.1) is 13.2 Å². The average Bonchev–Trinajstić information content (AvgIpc) is 3.02. The van der Waals surface area contributed by atoms with E-state index >= 15 is 0 Å². The fourth-order valence-corrected chi connectivity index (χ4v) is 3.65. The molecule has 0 spiro atoms. The third kappa shape index (κ3) is 4.93. The summed E-state index contributed by atoms with van der Waals surface area (Å²) in [6, 6.07) is 8.50. The fourth-order valence-electron chi connectivity index (χ4n) is 3.65. The van der Waals surface area contributed by atoms with E-state index in [2.05, 4.69) is 9.80 Å². The lowest BCUT2D eigenvalue weighted by atomic mass is 10.2. The van der Waals surface area contributed by atoms with Crippen LogP contribution in [-0.2, 0) is 4.74 Å². The zero-order chi connectivity index (χ0) is 16.8. The van der Waals surface area contributed by atoms with E-state index in [1.807, 2.05) is 31.2 Å². The molecule has 1 aromatic rings. The van der Waals surface area contributed by atoms with Crippen molar-refractivity contribution in [1.29, 1.82) is 0 Å². The maximum atomic E-state index is 10.4. The predicted molar refractivity (Wildman–Crippen MR) is 94.5 cm³/mol. The van der Waals surface area contributed by atoms with E-state index in [0.717, 1.165) is 50.7 Å². The second kappa shape index (κ2) is 8.81. The van der Waals surface area contributed by atoms with Gasteiger partial charge < -0.3 is 14.6 Å². The molecule has 0 radical (unpaired) electrons. The van der Waals surface area contributed by atoms with E-state index in [1.54, 1.807) is 0 Å². The molecule has 2 atom stereocenters. The number of para-hydroxylation sites is 1.